The summed E-state index contributed by atoms with van der Waals surface area (Å²) in [4.78, 5) is 0. The van der Waals surface area contributed by atoms with E-state index in [0.29, 0.717) is 5.41 Å². The Labute approximate surface area is 88.4 Å². The summed E-state index contributed by atoms with van der Waals surface area (Å²) in [6, 6.07) is 0.756. The molecule has 0 amide bonds. The standard InChI is InChI=1S/C12H25NO/c1-4-14-9-5-8-13-11-6-7-12(2,3)10-11/h11,13H,4-10H2,1-3H3. The molecule has 1 aliphatic carbocycles. The van der Waals surface area contributed by atoms with E-state index in [0.717, 1.165) is 32.2 Å². The van der Waals surface area contributed by atoms with Crippen molar-refractivity contribution in [3.05, 3.63) is 0 Å². The van der Waals surface area contributed by atoms with Crippen LogP contribution in [0.4, 0.5) is 0 Å². The minimum atomic E-state index is 0.567. The van der Waals surface area contributed by atoms with E-state index in [1.54, 1.807) is 0 Å². The van der Waals surface area contributed by atoms with E-state index in [2.05, 4.69) is 19.2 Å². The van der Waals surface area contributed by atoms with Crippen LogP contribution < -0.4 is 5.32 Å². The maximum Gasteiger partial charge on any atom is 0.0477 e. The van der Waals surface area contributed by atoms with Crippen LogP contribution in [0, 0.1) is 5.41 Å². The second-order valence-corrected chi connectivity index (χ2v) is 5.11. The molecule has 2 nitrogen and oxygen atoms in total. The zero-order valence-electron chi connectivity index (χ0n) is 9.94. The average Bonchev–Trinajstić information content (AvgIpc) is 2.45. The molecule has 0 aromatic heterocycles. The molecule has 1 fully saturated rings. The fourth-order valence-electron chi connectivity index (χ4n) is 2.24. The second-order valence-electron chi connectivity index (χ2n) is 5.11. The first-order chi connectivity index (χ1) is 6.64. The zero-order valence-corrected chi connectivity index (χ0v) is 9.94. The van der Waals surface area contributed by atoms with Crippen molar-refractivity contribution in [3.63, 3.8) is 0 Å². The first kappa shape index (κ1) is 12.0. The molecule has 0 aromatic rings. The predicted octanol–water partition coefficient (Wildman–Crippen LogP) is 2.58. The average molecular weight is 199 g/mol. The minimum Gasteiger partial charge on any atom is -0.382 e. The molecule has 1 aliphatic rings. The van der Waals surface area contributed by atoms with Gasteiger partial charge in [0.2, 0.25) is 0 Å². The Morgan fingerprint density at radius 1 is 1.43 bits per heavy atom. The van der Waals surface area contributed by atoms with Crippen molar-refractivity contribution in [2.45, 2.75) is 52.5 Å². The smallest absolute Gasteiger partial charge is 0.0477 e. The fourth-order valence-corrected chi connectivity index (χ4v) is 2.24. The van der Waals surface area contributed by atoms with Crippen molar-refractivity contribution >= 4 is 0 Å². The maximum absolute atomic E-state index is 5.30. The van der Waals surface area contributed by atoms with Gasteiger partial charge in [-0.1, -0.05) is 13.8 Å². The SMILES string of the molecule is CCOCCCNC1CCC(C)(C)C1. The molecular formula is C12H25NO. The number of hydrogen-bond acceptors (Lipinski definition) is 2. The molecule has 1 unspecified atom stereocenters. The maximum atomic E-state index is 5.30. The Morgan fingerprint density at radius 3 is 2.79 bits per heavy atom. The van der Waals surface area contributed by atoms with E-state index >= 15 is 0 Å². The monoisotopic (exact) mass is 199 g/mol. The molecule has 0 radical (unpaired) electrons. The van der Waals surface area contributed by atoms with E-state index in [1.807, 2.05) is 6.92 Å². The van der Waals surface area contributed by atoms with Gasteiger partial charge in [-0.05, 0) is 44.6 Å². The third kappa shape index (κ3) is 4.43. The Kier molecular flexibility index (Phi) is 4.90. The molecule has 84 valence electrons. The van der Waals surface area contributed by atoms with Crippen molar-refractivity contribution in [1.82, 2.24) is 5.32 Å². The molecule has 0 spiro atoms. The van der Waals surface area contributed by atoms with E-state index in [9.17, 15) is 0 Å². The van der Waals surface area contributed by atoms with E-state index in [1.165, 1.54) is 19.3 Å². The molecule has 1 saturated carbocycles. The van der Waals surface area contributed by atoms with Crippen molar-refractivity contribution in [2.75, 3.05) is 19.8 Å². The lowest BCUT2D eigenvalue weighted by molar-refractivity contribution is 0.144. The molecule has 0 bridgehead atoms. The van der Waals surface area contributed by atoms with E-state index < -0.39 is 0 Å². The first-order valence-electron chi connectivity index (χ1n) is 5.95. The summed E-state index contributed by atoms with van der Waals surface area (Å²) in [6.45, 7) is 9.65. The Bertz CT molecular complexity index is 156. The number of hydrogen-bond donors (Lipinski definition) is 1. The largest absolute Gasteiger partial charge is 0.382 e. The van der Waals surface area contributed by atoms with Crippen LogP contribution in [-0.4, -0.2) is 25.8 Å². The number of ether oxygens (including phenoxy) is 1. The fraction of sp³-hybridized carbons (Fsp3) is 1.00. The Hall–Kier alpha value is -0.0800. The van der Waals surface area contributed by atoms with Gasteiger partial charge in [0.1, 0.15) is 0 Å². The number of rotatable bonds is 6. The Balaban J connectivity index is 1.98. The lowest BCUT2D eigenvalue weighted by atomic mass is 9.92. The molecule has 0 saturated heterocycles. The molecule has 0 heterocycles. The quantitative estimate of drug-likeness (QED) is 0.664. The van der Waals surface area contributed by atoms with Gasteiger partial charge in [-0.2, -0.15) is 0 Å². The highest BCUT2D eigenvalue weighted by atomic mass is 16.5. The lowest BCUT2D eigenvalue weighted by Gasteiger charge is -2.17. The zero-order chi connectivity index (χ0) is 10.4. The van der Waals surface area contributed by atoms with E-state index in [-0.39, 0.29) is 0 Å². The summed E-state index contributed by atoms with van der Waals surface area (Å²) in [5, 5.41) is 3.62. The van der Waals surface area contributed by atoms with Gasteiger partial charge in [0.25, 0.3) is 0 Å². The summed E-state index contributed by atoms with van der Waals surface area (Å²) >= 11 is 0. The Morgan fingerprint density at radius 2 is 2.21 bits per heavy atom. The van der Waals surface area contributed by atoms with Crippen LogP contribution in [0.15, 0.2) is 0 Å². The van der Waals surface area contributed by atoms with Crippen LogP contribution in [0.25, 0.3) is 0 Å². The molecule has 2 heteroatoms. The molecule has 0 aromatic carbocycles. The van der Waals surface area contributed by atoms with Crippen molar-refractivity contribution in [2.24, 2.45) is 5.41 Å². The highest BCUT2D eigenvalue weighted by Crippen LogP contribution is 2.36. The topological polar surface area (TPSA) is 21.3 Å². The highest BCUT2D eigenvalue weighted by Gasteiger charge is 2.30. The van der Waals surface area contributed by atoms with Crippen LogP contribution in [-0.2, 0) is 4.74 Å². The van der Waals surface area contributed by atoms with Crippen LogP contribution in [0.2, 0.25) is 0 Å². The first-order valence-corrected chi connectivity index (χ1v) is 5.95. The lowest BCUT2D eigenvalue weighted by Crippen LogP contribution is -2.28. The molecular weight excluding hydrogens is 174 g/mol. The molecule has 1 atom stereocenters. The predicted molar refractivity (Wildman–Crippen MR) is 60.5 cm³/mol. The third-order valence-electron chi connectivity index (χ3n) is 3.07. The van der Waals surface area contributed by atoms with Gasteiger partial charge in [-0.25, -0.2) is 0 Å². The summed E-state index contributed by atoms with van der Waals surface area (Å²) in [7, 11) is 0. The summed E-state index contributed by atoms with van der Waals surface area (Å²) in [5.41, 5.74) is 0.567. The second kappa shape index (κ2) is 5.72. The van der Waals surface area contributed by atoms with Gasteiger partial charge in [-0.15, -0.1) is 0 Å². The van der Waals surface area contributed by atoms with E-state index in [4.69, 9.17) is 4.74 Å². The number of nitrogens with one attached hydrogen (secondary N) is 1. The van der Waals surface area contributed by atoms with Crippen molar-refractivity contribution in [3.8, 4) is 0 Å². The van der Waals surface area contributed by atoms with Crippen LogP contribution >= 0.6 is 0 Å². The minimum absolute atomic E-state index is 0.567. The van der Waals surface area contributed by atoms with Gasteiger partial charge in [-0.3, -0.25) is 0 Å². The van der Waals surface area contributed by atoms with Gasteiger partial charge in [0.05, 0.1) is 0 Å². The molecule has 1 N–H and O–H groups in total. The third-order valence-corrected chi connectivity index (χ3v) is 3.07. The van der Waals surface area contributed by atoms with Gasteiger partial charge >= 0.3 is 0 Å². The highest BCUT2D eigenvalue weighted by molar-refractivity contribution is 4.86. The summed E-state index contributed by atoms with van der Waals surface area (Å²) < 4.78 is 5.30. The normalized spacial score (nSPS) is 25.5. The van der Waals surface area contributed by atoms with Crippen LogP contribution in [0.3, 0.4) is 0 Å². The van der Waals surface area contributed by atoms with Crippen molar-refractivity contribution < 1.29 is 4.74 Å². The van der Waals surface area contributed by atoms with Gasteiger partial charge in [0, 0.05) is 19.3 Å². The molecule has 1 rings (SSSR count). The van der Waals surface area contributed by atoms with Crippen molar-refractivity contribution in [1.29, 1.82) is 0 Å². The molecule has 14 heavy (non-hydrogen) atoms. The summed E-state index contributed by atoms with van der Waals surface area (Å²) in [6.07, 6.45) is 5.20. The molecule has 0 aliphatic heterocycles. The van der Waals surface area contributed by atoms with Gasteiger partial charge in [0.15, 0.2) is 0 Å². The van der Waals surface area contributed by atoms with Crippen LogP contribution in [0.1, 0.15) is 46.5 Å². The van der Waals surface area contributed by atoms with Crippen LogP contribution in [0.5, 0.6) is 0 Å². The summed E-state index contributed by atoms with van der Waals surface area (Å²) in [5.74, 6) is 0. The van der Waals surface area contributed by atoms with Gasteiger partial charge < -0.3 is 10.1 Å².